The highest BCUT2D eigenvalue weighted by Gasteiger charge is 2.20. The number of amides is 1. The molecule has 2 aromatic carbocycles. The standard InChI is InChI=1S/C16H13F4NO4/c1-23-12-4-2-3-11(13(12)25-16(19)20)14(22)21-9-5-7-10(8-6-9)24-15(17)18/h2-8,15-16H,1H3,(H,21,22). The van der Waals surface area contributed by atoms with Gasteiger partial charge in [0.2, 0.25) is 0 Å². The van der Waals surface area contributed by atoms with Gasteiger partial charge in [0.05, 0.1) is 12.7 Å². The molecule has 0 fully saturated rings. The number of nitrogens with one attached hydrogen (secondary N) is 1. The van der Waals surface area contributed by atoms with Crippen LogP contribution >= 0.6 is 0 Å². The van der Waals surface area contributed by atoms with Crippen LogP contribution in [-0.2, 0) is 0 Å². The van der Waals surface area contributed by atoms with Gasteiger partial charge in [-0.2, -0.15) is 17.6 Å². The fraction of sp³-hybridized carbons (Fsp3) is 0.188. The molecular formula is C16H13F4NO4. The fourth-order valence-electron chi connectivity index (χ4n) is 1.98. The summed E-state index contributed by atoms with van der Waals surface area (Å²) in [5.41, 5.74) is 0.0741. The molecule has 0 aromatic heterocycles. The Hall–Kier alpha value is -2.97. The lowest BCUT2D eigenvalue weighted by molar-refractivity contribution is -0.0517. The first-order chi connectivity index (χ1) is 11.9. The maximum Gasteiger partial charge on any atom is 0.387 e. The quantitative estimate of drug-likeness (QED) is 0.755. The van der Waals surface area contributed by atoms with Crippen molar-refractivity contribution in [1.29, 1.82) is 0 Å². The Morgan fingerprint density at radius 3 is 2.16 bits per heavy atom. The number of halogens is 4. The van der Waals surface area contributed by atoms with Crippen molar-refractivity contribution >= 4 is 11.6 Å². The molecule has 134 valence electrons. The maximum absolute atomic E-state index is 12.6. The number of alkyl halides is 4. The van der Waals surface area contributed by atoms with Crippen LogP contribution in [0, 0.1) is 0 Å². The van der Waals surface area contributed by atoms with E-state index < -0.39 is 24.9 Å². The Labute approximate surface area is 140 Å². The first-order valence-corrected chi connectivity index (χ1v) is 6.88. The van der Waals surface area contributed by atoms with E-state index in [4.69, 9.17) is 4.74 Å². The third kappa shape index (κ3) is 5.00. The van der Waals surface area contributed by atoms with Crippen molar-refractivity contribution in [3.63, 3.8) is 0 Å². The number of para-hydroxylation sites is 1. The molecule has 2 aromatic rings. The van der Waals surface area contributed by atoms with Gasteiger partial charge in [0.15, 0.2) is 11.5 Å². The van der Waals surface area contributed by atoms with E-state index in [-0.39, 0.29) is 22.7 Å². The minimum absolute atomic E-state index is 0.0337. The summed E-state index contributed by atoms with van der Waals surface area (Å²) in [6, 6.07) is 9.18. The van der Waals surface area contributed by atoms with Crippen molar-refractivity contribution in [3.8, 4) is 17.2 Å². The monoisotopic (exact) mass is 359 g/mol. The lowest BCUT2D eigenvalue weighted by Gasteiger charge is -2.14. The minimum Gasteiger partial charge on any atom is -0.493 e. The molecule has 0 unspecified atom stereocenters. The van der Waals surface area contributed by atoms with Crippen molar-refractivity contribution in [3.05, 3.63) is 48.0 Å². The average molecular weight is 359 g/mol. The second-order valence-electron chi connectivity index (χ2n) is 4.57. The summed E-state index contributed by atoms with van der Waals surface area (Å²) >= 11 is 0. The summed E-state index contributed by atoms with van der Waals surface area (Å²) in [7, 11) is 1.25. The van der Waals surface area contributed by atoms with Crippen LogP contribution in [-0.4, -0.2) is 26.2 Å². The molecule has 9 heteroatoms. The van der Waals surface area contributed by atoms with Crippen LogP contribution < -0.4 is 19.5 Å². The topological polar surface area (TPSA) is 56.8 Å². The minimum atomic E-state index is -3.14. The van der Waals surface area contributed by atoms with E-state index in [0.29, 0.717) is 0 Å². The van der Waals surface area contributed by atoms with Crippen LogP contribution in [0.1, 0.15) is 10.4 Å². The Morgan fingerprint density at radius 2 is 1.60 bits per heavy atom. The number of carbonyl (C=O) groups is 1. The summed E-state index contributed by atoms with van der Waals surface area (Å²) < 4.78 is 62.8. The Morgan fingerprint density at radius 1 is 0.960 bits per heavy atom. The maximum atomic E-state index is 12.6. The largest absolute Gasteiger partial charge is 0.493 e. The van der Waals surface area contributed by atoms with E-state index in [9.17, 15) is 22.4 Å². The van der Waals surface area contributed by atoms with E-state index in [1.807, 2.05) is 0 Å². The van der Waals surface area contributed by atoms with Gasteiger partial charge in [-0.1, -0.05) is 6.07 Å². The normalized spacial score (nSPS) is 10.7. The molecule has 0 radical (unpaired) electrons. The highest BCUT2D eigenvalue weighted by molar-refractivity contribution is 6.06. The molecular weight excluding hydrogens is 346 g/mol. The van der Waals surface area contributed by atoms with Crippen molar-refractivity contribution in [1.82, 2.24) is 0 Å². The molecule has 0 bridgehead atoms. The third-order valence-electron chi connectivity index (χ3n) is 2.99. The first kappa shape index (κ1) is 18.4. The van der Waals surface area contributed by atoms with Gasteiger partial charge in [-0.3, -0.25) is 4.79 Å². The van der Waals surface area contributed by atoms with Crippen LogP contribution in [0.25, 0.3) is 0 Å². The van der Waals surface area contributed by atoms with E-state index in [1.54, 1.807) is 0 Å². The van der Waals surface area contributed by atoms with E-state index >= 15 is 0 Å². The van der Waals surface area contributed by atoms with Crippen LogP contribution in [0.2, 0.25) is 0 Å². The molecule has 0 aliphatic heterocycles. The number of rotatable bonds is 7. The molecule has 25 heavy (non-hydrogen) atoms. The highest BCUT2D eigenvalue weighted by Crippen LogP contribution is 2.33. The molecule has 0 atom stereocenters. The van der Waals surface area contributed by atoms with Crippen LogP contribution in [0.4, 0.5) is 23.2 Å². The van der Waals surface area contributed by atoms with Gasteiger partial charge in [0, 0.05) is 5.69 Å². The predicted octanol–water partition coefficient (Wildman–Crippen LogP) is 4.15. The van der Waals surface area contributed by atoms with Gasteiger partial charge in [0.1, 0.15) is 5.75 Å². The predicted molar refractivity (Wildman–Crippen MR) is 80.7 cm³/mol. The molecule has 0 spiro atoms. The molecule has 0 aliphatic carbocycles. The van der Waals surface area contributed by atoms with Gasteiger partial charge in [-0.25, -0.2) is 0 Å². The first-order valence-electron chi connectivity index (χ1n) is 6.88. The number of carbonyl (C=O) groups excluding carboxylic acids is 1. The van der Waals surface area contributed by atoms with E-state index in [2.05, 4.69) is 14.8 Å². The van der Waals surface area contributed by atoms with Gasteiger partial charge in [-0.15, -0.1) is 0 Å². The second-order valence-corrected chi connectivity index (χ2v) is 4.57. The van der Waals surface area contributed by atoms with Crippen LogP contribution in [0.3, 0.4) is 0 Å². The smallest absolute Gasteiger partial charge is 0.387 e. The zero-order valence-corrected chi connectivity index (χ0v) is 12.8. The lowest BCUT2D eigenvalue weighted by Crippen LogP contribution is -2.15. The molecule has 0 heterocycles. The molecule has 0 aliphatic rings. The highest BCUT2D eigenvalue weighted by atomic mass is 19.3. The summed E-state index contributed by atoms with van der Waals surface area (Å²) in [6.45, 7) is -6.11. The van der Waals surface area contributed by atoms with Gasteiger partial charge >= 0.3 is 13.2 Å². The van der Waals surface area contributed by atoms with Crippen LogP contribution in [0.5, 0.6) is 17.2 Å². The number of methoxy groups -OCH3 is 1. The molecule has 1 amide bonds. The van der Waals surface area contributed by atoms with Gasteiger partial charge < -0.3 is 19.5 Å². The fourth-order valence-corrected chi connectivity index (χ4v) is 1.98. The number of ether oxygens (including phenoxy) is 3. The average Bonchev–Trinajstić information content (AvgIpc) is 2.55. The lowest BCUT2D eigenvalue weighted by atomic mass is 10.1. The zero-order chi connectivity index (χ0) is 18.4. The van der Waals surface area contributed by atoms with E-state index in [0.717, 1.165) is 0 Å². The van der Waals surface area contributed by atoms with E-state index in [1.165, 1.54) is 49.6 Å². The number of benzene rings is 2. The Kier molecular flexibility index (Phi) is 6.04. The zero-order valence-electron chi connectivity index (χ0n) is 12.8. The van der Waals surface area contributed by atoms with Crippen molar-refractivity contribution in [2.45, 2.75) is 13.2 Å². The van der Waals surface area contributed by atoms with Crippen LogP contribution in [0.15, 0.2) is 42.5 Å². The van der Waals surface area contributed by atoms with Gasteiger partial charge in [-0.05, 0) is 36.4 Å². The second kappa shape index (κ2) is 8.22. The summed E-state index contributed by atoms with van der Waals surface area (Å²) in [5.74, 6) is -1.27. The molecule has 2 rings (SSSR count). The van der Waals surface area contributed by atoms with Gasteiger partial charge in [0.25, 0.3) is 5.91 Å². The molecule has 0 saturated carbocycles. The van der Waals surface area contributed by atoms with Crippen molar-refractivity contribution < 1.29 is 36.6 Å². The Balaban J connectivity index is 2.20. The molecule has 5 nitrogen and oxygen atoms in total. The van der Waals surface area contributed by atoms with Crippen molar-refractivity contribution in [2.24, 2.45) is 0 Å². The number of hydrogen-bond acceptors (Lipinski definition) is 4. The summed E-state index contributed by atoms with van der Waals surface area (Å²) in [6.07, 6.45) is 0. The molecule has 0 saturated heterocycles. The summed E-state index contributed by atoms with van der Waals surface area (Å²) in [5, 5.41) is 2.44. The Bertz CT molecular complexity index is 723. The number of anilines is 1. The summed E-state index contributed by atoms with van der Waals surface area (Å²) in [4.78, 5) is 12.3. The number of hydrogen-bond donors (Lipinski definition) is 1. The SMILES string of the molecule is COc1cccc(C(=O)Nc2ccc(OC(F)F)cc2)c1OC(F)F. The van der Waals surface area contributed by atoms with Crippen molar-refractivity contribution in [2.75, 3.05) is 12.4 Å². The third-order valence-corrected chi connectivity index (χ3v) is 2.99. The molecule has 1 N–H and O–H groups in total.